The summed E-state index contributed by atoms with van der Waals surface area (Å²) in [4.78, 5) is 13.4. The fourth-order valence-electron chi connectivity index (χ4n) is 14.3. The van der Waals surface area contributed by atoms with E-state index in [-0.39, 0.29) is 18.9 Å². The quantitative estimate of drug-likeness (QED) is 0.0199. The fourth-order valence-corrected chi connectivity index (χ4v) is 14.3. The van der Waals surface area contributed by atoms with Gasteiger partial charge in [0, 0.05) is 6.42 Å². The zero-order valence-corrected chi connectivity index (χ0v) is 63.2. The van der Waals surface area contributed by atoms with Gasteiger partial charge in [-0.05, 0) is 32.1 Å². The molecule has 0 aromatic carbocycles. The van der Waals surface area contributed by atoms with Crippen LogP contribution >= 0.6 is 0 Å². The van der Waals surface area contributed by atoms with E-state index >= 15 is 0 Å². The summed E-state index contributed by atoms with van der Waals surface area (Å²) in [5.74, 6) is -0.279. The molecule has 12 N–H and O–H groups in total. The van der Waals surface area contributed by atoms with E-state index in [4.69, 9.17) is 28.4 Å². The summed E-state index contributed by atoms with van der Waals surface area (Å²) in [7, 11) is 0. The van der Waals surface area contributed by atoms with Gasteiger partial charge in [0.05, 0.1) is 38.6 Å². The first-order chi connectivity index (χ1) is 48.8. The standard InChI is InChI=1S/C81H153NO18/c1-3-5-7-9-11-13-15-17-19-20-21-22-23-24-25-26-27-28-29-30-31-32-33-34-35-36-37-38-39-40-41-42-43-44-45-47-49-51-53-55-57-59-69(87)82-64(65(86)58-56-54-52-50-48-46-18-16-14-12-10-8-6-4-2)63-95-79-75(93)72(90)77(67(61-84)97-79)100-81-76(94)73(91)78(68(62-85)98-81)99-80-74(92)71(89)70(88)66(60-83)96-80/h48,50,56,58,64-68,70-81,83-86,88-94H,3-47,49,51-55,57,59-63H2,1-2H3,(H,82,87)/b50-48+,58-56+. The minimum atomic E-state index is -1.98. The lowest BCUT2D eigenvalue weighted by Crippen LogP contribution is -2.66. The summed E-state index contributed by atoms with van der Waals surface area (Å²) in [5, 5.41) is 121. The Bertz CT molecular complexity index is 1900. The molecular weight excluding hydrogens is 1270 g/mol. The van der Waals surface area contributed by atoms with Gasteiger partial charge in [-0.3, -0.25) is 4.79 Å². The summed E-state index contributed by atoms with van der Waals surface area (Å²) in [6.07, 6.45) is 49.4. The Morgan fingerprint density at radius 3 is 1.00 bits per heavy atom. The second-order valence-corrected chi connectivity index (χ2v) is 29.9. The minimum Gasteiger partial charge on any atom is -0.394 e. The number of rotatable bonds is 67. The molecular formula is C81H153NO18. The first kappa shape index (κ1) is 92.5. The number of unbranched alkanes of at least 4 members (excludes halogenated alkanes) is 49. The molecule has 0 aromatic heterocycles. The minimum absolute atomic E-state index is 0.241. The molecule has 3 saturated heterocycles. The van der Waals surface area contributed by atoms with Crippen LogP contribution in [0.2, 0.25) is 0 Å². The van der Waals surface area contributed by atoms with Crippen molar-refractivity contribution in [1.29, 1.82) is 0 Å². The highest BCUT2D eigenvalue weighted by Gasteiger charge is 2.54. The lowest BCUT2D eigenvalue weighted by atomic mass is 9.96. The summed E-state index contributed by atoms with van der Waals surface area (Å²) in [5.41, 5.74) is 0. The molecule has 0 spiro atoms. The Morgan fingerprint density at radius 2 is 0.640 bits per heavy atom. The summed E-state index contributed by atoms with van der Waals surface area (Å²) < 4.78 is 34.4. The number of ether oxygens (including phenoxy) is 6. The van der Waals surface area contributed by atoms with Crippen molar-refractivity contribution in [1.82, 2.24) is 5.32 Å². The summed E-state index contributed by atoms with van der Waals surface area (Å²) in [6.45, 7) is 1.75. The third-order valence-electron chi connectivity index (χ3n) is 21.0. The van der Waals surface area contributed by atoms with E-state index < -0.39 is 124 Å². The van der Waals surface area contributed by atoms with Crippen molar-refractivity contribution < 1.29 is 89.4 Å². The van der Waals surface area contributed by atoms with E-state index in [0.717, 1.165) is 38.5 Å². The van der Waals surface area contributed by atoms with Crippen LogP contribution in [0.4, 0.5) is 0 Å². The van der Waals surface area contributed by atoms with Crippen LogP contribution < -0.4 is 5.32 Å². The molecule has 19 heteroatoms. The third kappa shape index (κ3) is 42.0. The largest absolute Gasteiger partial charge is 0.394 e. The molecule has 0 radical (unpaired) electrons. The number of amides is 1. The number of hydrogen-bond acceptors (Lipinski definition) is 18. The van der Waals surface area contributed by atoms with Gasteiger partial charge in [-0.1, -0.05) is 340 Å². The van der Waals surface area contributed by atoms with Crippen LogP contribution in [-0.4, -0.2) is 193 Å². The van der Waals surface area contributed by atoms with E-state index in [1.807, 2.05) is 6.08 Å². The fraction of sp³-hybridized carbons (Fsp3) is 0.938. The predicted molar refractivity (Wildman–Crippen MR) is 397 cm³/mol. The maximum atomic E-state index is 13.4. The SMILES string of the molecule is CCCCCCCCCC/C=C/CC/C=C/C(O)C(COC1OC(CO)C(OC2OC(CO)C(OC3OC(CO)C(O)C(O)C3O)C(O)C2O)C(O)C1O)NC(=O)CCCCCCCCCCCCCCCCCCCCCCCCCCCCCCCCCCCCCCCCCCC. The highest BCUT2D eigenvalue weighted by molar-refractivity contribution is 5.76. The lowest BCUT2D eigenvalue weighted by Gasteiger charge is -2.48. The molecule has 0 saturated carbocycles. The van der Waals surface area contributed by atoms with Crippen LogP contribution in [0.5, 0.6) is 0 Å². The molecule has 100 heavy (non-hydrogen) atoms. The molecule has 19 nitrogen and oxygen atoms in total. The van der Waals surface area contributed by atoms with Gasteiger partial charge in [0.2, 0.25) is 5.91 Å². The lowest BCUT2D eigenvalue weighted by molar-refractivity contribution is -0.379. The molecule has 590 valence electrons. The average molecular weight is 1430 g/mol. The van der Waals surface area contributed by atoms with Gasteiger partial charge in [0.15, 0.2) is 18.9 Å². The van der Waals surface area contributed by atoms with E-state index in [1.54, 1.807) is 6.08 Å². The van der Waals surface area contributed by atoms with Gasteiger partial charge < -0.3 is 89.9 Å². The highest BCUT2D eigenvalue weighted by atomic mass is 16.8. The molecule has 3 rings (SSSR count). The Balaban J connectivity index is 1.26. The second kappa shape index (κ2) is 62.3. The Kier molecular flexibility index (Phi) is 57.6. The van der Waals surface area contributed by atoms with Gasteiger partial charge in [0.1, 0.15) is 73.2 Å². The van der Waals surface area contributed by atoms with Crippen molar-refractivity contribution in [2.24, 2.45) is 0 Å². The average Bonchev–Trinajstić information content (AvgIpc) is 0.784. The first-order valence-electron chi connectivity index (χ1n) is 41.6. The highest BCUT2D eigenvalue weighted by Crippen LogP contribution is 2.33. The molecule has 17 atom stereocenters. The van der Waals surface area contributed by atoms with Crippen LogP contribution in [-0.2, 0) is 33.2 Å². The molecule has 3 aliphatic heterocycles. The van der Waals surface area contributed by atoms with E-state index in [1.165, 1.54) is 283 Å². The maximum Gasteiger partial charge on any atom is 0.220 e. The van der Waals surface area contributed by atoms with Gasteiger partial charge in [-0.2, -0.15) is 0 Å². The van der Waals surface area contributed by atoms with Gasteiger partial charge in [-0.25, -0.2) is 0 Å². The normalized spacial score (nSPS) is 26.5. The van der Waals surface area contributed by atoms with Crippen molar-refractivity contribution in [3.05, 3.63) is 24.3 Å². The zero-order valence-electron chi connectivity index (χ0n) is 63.2. The smallest absolute Gasteiger partial charge is 0.220 e. The summed E-state index contributed by atoms with van der Waals surface area (Å²) >= 11 is 0. The van der Waals surface area contributed by atoms with Crippen LogP contribution in [0.15, 0.2) is 24.3 Å². The van der Waals surface area contributed by atoms with Gasteiger partial charge in [-0.15, -0.1) is 0 Å². The zero-order chi connectivity index (χ0) is 72.5. The number of nitrogens with one attached hydrogen (secondary N) is 1. The van der Waals surface area contributed by atoms with Gasteiger partial charge in [0.25, 0.3) is 0 Å². The van der Waals surface area contributed by atoms with Crippen LogP contribution in [0.25, 0.3) is 0 Å². The third-order valence-corrected chi connectivity index (χ3v) is 21.0. The first-order valence-corrected chi connectivity index (χ1v) is 41.6. The monoisotopic (exact) mass is 1430 g/mol. The Hall–Kier alpha value is -1.73. The van der Waals surface area contributed by atoms with Crippen LogP contribution in [0.3, 0.4) is 0 Å². The number of aliphatic hydroxyl groups is 11. The number of carbonyl (C=O) groups is 1. The predicted octanol–water partition coefficient (Wildman–Crippen LogP) is 14.1. The topological polar surface area (TPSA) is 307 Å². The molecule has 17 unspecified atom stereocenters. The number of carbonyl (C=O) groups excluding carboxylic acids is 1. The van der Waals surface area contributed by atoms with Crippen LogP contribution in [0.1, 0.15) is 354 Å². The molecule has 1 amide bonds. The molecule has 0 aromatic rings. The van der Waals surface area contributed by atoms with Crippen molar-refractivity contribution in [2.45, 2.75) is 458 Å². The van der Waals surface area contributed by atoms with Crippen molar-refractivity contribution in [3.8, 4) is 0 Å². The van der Waals surface area contributed by atoms with E-state index in [9.17, 15) is 61.0 Å². The van der Waals surface area contributed by atoms with Crippen LogP contribution in [0, 0.1) is 0 Å². The molecule has 3 heterocycles. The van der Waals surface area contributed by atoms with E-state index in [0.29, 0.717) is 12.8 Å². The van der Waals surface area contributed by atoms with Crippen molar-refractivity contribution >= 4 is 5.91 Å². The Morgan fingerprint density at radius 1 is 0.350 bits per heavy atom. The Labute approximate surface area is 607 Å². The summed E-state index contributed by atoms with van der Waals surface area (Å²) in [6, 6.07) is -0.987. The number of hydrogen-bond donors (Lipinski definition) is 12. The number of aliphatic hydroxyl groups excluding tert-OH is 11. The maximum absolute atomic E-state index is 13.4. The van der Waals surface area contributed by atoms with Crippen molar-refractivity contribution in [2.75, 3.05) is 26.4 Å². The second-order valence-electron chi connectivity index (χ2n) is 29.9. The van der Waals surface area contributed by atoms with E-state index in [2.05, 4.69) is 31.3 Å². The van der Waals surface area contributed by atoms with Crippen molar-refractivity contribution in [3.63, 3.8) is 0 Å². The molecule has 3 aliphatic rings. The number of allylic oxidation sites excluding steroid dienone is 3. The molecule has 3 fully saturated rings. The molecule has 0 aliphatic carbocycles. The molecule has 0 bridgehead atoms. The van der Waals surface area contributed by atoms with Gasteiger partial charge >= 0.3 is 0 Å².